The highest BCUT2D eigenvalue weighted by atomic mass is 31.1. The Hall–Kier alpha value is -1.79. The average Bonchev–Trinajstić information content (AvgIpc) is 2.38. The van der Waals surface area contributed by atoms with Crippen LogP contribution in [0.3, 0.4) is 0 Å². The molecule has 0 bridgehead atoms. The summed E-state index contributed by atoms with van der Waals surface area (Å²) in [5.41, 5.74) is 0.960. The Kier molecular flexibility index (Phi) is 3.58. The summed E-state index contributed by atoms with van der Waals surface area (Å²) in [7, 11) is -1.68. The lowest BCUT2D eigenvalue weighted by Gasteiger charge is -1.86. The van der Waals surface area contributed by atoms with Crippen molar-refractivity contribution in [1.29, 1.82) is 0 Å². The van der Waals surface area contributed by atoms with Crippen LogP contribution in [-0.2, 0) is 4.57 Å². The number of nitrogens with zero attached hydrogens (tertiary/aromatic N) is 1. The van der Waals surface area contributed by atoms with Gasteiger partial charge in [0.15, 0.2) is 0 Å². The molecule has 0 aliphatic rings. The normalized spacial score (nSPS) is 11.6. The molecule has 0 heterocycles. The molecule has 1 unspecified atom stereocenters. The molecule has 78 valence electrons. The van der Waals surface area contributed by atoms with Gasteiger partial charge in [-0.1, -0.05) is 48.5 Å². The number of hydrogen-bond acceptors (Lipinski definition) is 1. The lowest BCUT2D eigenvalue weighted by molar-refractivity contribution is 0.594. The predicted molar refractivity (Wildman–Crippen MR) is 67.7 cm³/mol. The second kappa shape index (κ2) is 5.34. The van der Waals surface area contributed by atoms with E-state index in [1.54, 1.807) is 6.21 Å². The molecule has 0 radical (unpaired) electrons. The summed E-state index contributed by atoms with van der Waals surface area (Å²) in [4.78, 5) is 0. The third-order valence-electron chi connectivity index (χ3n) is 2.09. The molecule has 0 N–H and O–H groups in total. The molecule has 2 nitrogen and oxygen atoms in total. The fourth-order valence-electron chi connectivity index (χ4n) is 1.28. The Morgan fingerprint density at radius 2 is 1.44 bits per heavy atom. The Morgan fingerprint density at radius 1 is 0.875 bits per heavy atom. The summed E-state index contributed by atoms with van der Waals surface area (Å²) in [5, 5.41) is 0.754. The van der Waals surface area contributed by atoms with E-state index in [2.05, 4.69) is 4.76 Å². The van der Waals surface area contributed by atoms with Crippen molar-refractivity contribution in [3.63, 3.8) is 0 Å². The summed E-state index contributed by atoms with van der Waals surface area (Å²) in [6.45, 7) is 0. The van der Waals surface area contributed by atoms with Crippen LogP contribution in [0.5, 0.6) is 0 Å². The third kappa shape index (κ3) is 2.85. The quantitative estimate of drug-likeness (QED) is 0.586. The van der Waals surface area contributed by atoms with Crippen molar-refractivity contribution in [1.82, 2.24) is 0 Å². The van der Waals surface area contributed by atoms with E-state index in [1.165, 1.54) is 0 Å². The topological polar surface area (TPSA) is 29.4 Å². The van der Waals surface area contributed by atoms with Gasteiger partial charge in [-0.25, -0.2) is 0 Å². The first-order valence-electron chi connectivity index (χ1n) is 4.97. The molecule has 0 spiro atoms. The molecule has 0 saturated carbocycles. The van der Waals surface area contributed by atoms with Gasteiger partial charge < -0.3 is 0 Å². The van der Waals surface area contributed by atoms with Crippen LogP contribution in [0.25, 0.3) is 0 Å². The highest BCUT2D eigenvalue weighted by molar-refractivity contribution is 7.52. The second-order valence-electron chi connectivity index (χ2n) is 3.26. The minimum atomic E-state index is -1.68. The van der Waals surface area contributed by atoms with Crippen molar-refractivity contribution >= 4 is 19.5 Å². The summed E-state index contributed by atoms with van der Waals surface area (Å²) in [5.74, 6) is 0. The molecule has 2 aromatic carbocycles. The molecule has 0 aliphatic carbocycles. The van der Waals surface area contributed by atoms with Gasteiger partial charge in [0, 0.05) is 0 Å². The molecule has 3 heteroatoms. The minimum Gasteiger partial charge on any atom is -0.0622 e. The van der Waals surface area contributed by atoms with Crippen LogP contribution in [0, 0.1) is 0 Å². The van der Waals surface area contributed by atoms with Gasteiger partial charge in [-0.2, -0.15) is 0 Å². The van der Waals surface area contributed by atoms with E-state index in [1.807, 2.05) is 60.7 Å². The number of rotatable bonds is 3. The maximum absolute atomic E-state index is 11.8. The second-order valence-corrected chi connectivity index (χ2v) is 4.56. The lowest BCUT2D eigenvalue weighted by atomic mass is 10.2. The third-order valence-corrected chi connectivity index (χ3v) is 3.15. The van der Waals surface area contributed by atoms with Crippen LogP contribution in [0.4, 0.5) is 0 Å². The predicted octanol–water partition coefficient (Wildman–Crippen LogP) is 3.17. The van der Waals surface area contributed by atoms with E-state index < -0.39 is 7.95 Å². The van der Waals surface area contributed by atoms with Crippen LogP contribution in [0.1, 0.15) is 5.56 Å². The van der Waals surface area contributed by atoms with Crippen LogP contribution in [0.2, 0.25) is 0 Å². The smallest absolute Gasteiger partial charge is 0.0622 e. The summed E-state index contributed by atoms with van der Waals surface area (Å²) < 4.78 is 15.8. The highest BCUT2D eigenvalue weighted by Crippen LogP contribution is 2.20. The molecule has 0 aromatic heterocycles. The Morgan fingerprint density at radius 3 is 2.06 bits per heavy atom. The van der Waals surface area contributed by atoms with Crippen molar-refractivity contribution in [2.45, 2.75) is 0 Å². The van der Waals surface area contributed by atoms with Gasteiger partial charge >= 0.3 is 7.95 Å². The van der Waals surface area contributed by atoms with Crippen molar-refractivity contribution in [2.75, 3.05) is 0 Å². The Bertz CT molecular complexity index is 494. The van der Waals surface area contributed by atoms with Gasteiger partial charge in [-0.3, -0.25) is 0 Å². The van der Waals surface area contributed by atoms with Gasteiger partial charge in [-0.05, 0) is 27.0 Å². The van der Waals surface area contributed by atoms with Crippen molar-refractivity contribution in [2.24, 2.45) is 4.76 Å². The maximum Gasteiger partial charge on any atom is 0.524 e. The van der Waals surface area contributed by atoms with Crippen molar-refractivity contribution in [3.8, 4) is 0 Å². The number of hydrogen-bond donors (Lipinski definition) is 0. The standard InChI is InChI=1S/C13H11NOP/c15-16(13-9-5-2-6-10-13)14-11-12-7-3-1-4-8-12/h1-11H/q+1. The van der Waals surface area contributed by atoms with E-state index in [0.29, 0.717) is 0 Å². The van der Waals surface area contributed by atoms with Gasteiger partial charge in [0.2, 0.25) is 5.30 Å². The van der Waals surface area contributed by atoms with E-state index in [4.69, 9.17) is 0 Å². The SMILES string of the molecule is O=[P+](N=Cc1ccccc1)c1ccccc1. The molecule has 0 amide bonds. The van der Waals surface area contributed by atoms with Crippen LogP contribution >= 0.6 is 7.95 Å². The lowest BCUT2D eigenvalue weighted by Crippen LogP contribution is -1.92. The first-order chi connectivity index (χ1) is 7.86. The molecule has 0 aliphatic heterocycles. The van der Waals surface area contributed by atoms with E-state index >= 15 is 0 Å². The fraction of sp³-hybridized carbons (Fsp3) is 0. The van der Waals surface area contributed by atoms with Crippen molar-refractivity contribution in [3.05, 3.63) is 66.2 Å². The maximum atomic E-state index is 11.8. The van der Waals surface area contributed by atoms with Gasteiger partial charge in [0.05, 0.1) is 6.21 Å². The molecule has 0 saturated heterocycles. The molecular weight excluding hydrogens is 217 g/mol. The van der Waals surface area contributed by atoms with E-state index in [0.717, 1.165) is 10.9 Å². The number of benzene rings is 2. The van der Waals surface area contributed by atoms with Crippen LogP contribution in [0.15, 0.2) is 65.4 Å². The zero-order chi connectivity index (χ0) is 11.2. The molecular formula is C13H11NOP+. The van der Waals surface area contributed by atoms with Crippen LogP contribution < -0.4 is 5.30 Å². The van der Waals surface area contributed by atoms with Gasteiger partial charge in [0.25, 0.3) is 0 Å². The summed E-state index contributed by atoms with van der Waals surface area (Å²) in [6, 6.07) is 18.9. The zero-order valence-corrected chi connectivity index (χ0v) is 9.55. The molecule has 1 atom stereocenters. The average molecular weight is 228 g/mol. The summed E-state index contributed by atoms with van der Waals surface area (Å²) in [6.07, 6.45) is 1.64. The zero-order valence-electron chi connectivity index (χ0n) is 8.65. The largest absolute Gasteiger partial charge is 0.524 e. The molecule has 16 heavy (non-hydrogen) atoms. The van der Waals surface area contributed by atoms with Gasteiger partial charge in [0.1, 0.15) is 0 Å². The Balaban J connectivity index is 2.12. The molecule has 2 rings (SSSR count). The first kappa shape index (κ1) is 10.7. The van der Waals surface area contributed by atoms with E-state index in [-0.39, 0.29) is 0 Å². The van der Waals surface area contributed by atoms with Gasteiger partial charge in [-0.15, -0.1) is 0 Å². The fourth-order valence-corrected chi connectivity index (χ4v) is 2.08. The summed E-state index contributed by atoms with van der Waals surface area (Å²) >= 11 is 0. The molecule has 0 fully saturated rings. The first-order valence-corrected chi connectivity index (χ1v) is 6.19. The highest BCUT2D eigenvalue weighted by Gasteiger charge is 2.16. The van der Waals surface area contributed by atoms with Crippen LogP contribution in [-0.4, -0.2) is 6.21 Å². The monoisotopic (exact) mass is 228 g/mol. The molecule has 2 aromatic rings. The minimum absolute atomic E-state index is 0.754. The van der Waals surface area contributed by atoms with Crippen molar-refractivity contribution < 1.29 is 4.57 Å². The van der Waals surface area contributed by atoms with E-state index in [9.17, 15) is 4.57 Å². The Labute approximate surface area is 95.5 Å².